The fourth-order valence-electron chi connectivity index (χ4n) is 1.52. The highest BCUT2D eigenvalue weighted by Gasteiger charge is 2.34. The predicted octanol–water partition coefficient (Wildman–Crippen LogP) is 3.13. The lowest BCUT2D eigenvalue weighted by molar-refractivity contribution is -0.141. The molecule has 3 nitrogen and oxygen atoms in total. The zero-order valence-electron chi connectivity index (χ0n) is 9.36. The van der Waals surface area contributed by atoms with Crippen LogP contribution in [0.3, 0.4) is 0 Å². The van der Waals surface area contributed by atoms with Crippen molar-refractivity contribution in [1.29, 1.82) is 0 Å². The van der Waals surface area contributed by atoms with Crippen LogP contribution in [0.1, 0.15) is 26.6 Å². The molecule has 0 saturated carbocycles. The molecule has 0 bridgehead atoms. The third kappa shape index (κ3) is 2.61. The number of alkyl halides is 3. The van der Waals surface area contributed by atoms with Crippen molar-refractivity contribution in [3.63, 3.8) is 0 Å². The molecule has 0 aliphatic carbocycles. The van der Waals surface area contributed by atoms with Crippen molar-refractivity contribution < 1.29 is 18.0 Å². The first-order chi connectivity index (χ1) is 8.40. The van der Waals surface area contributed by atoms with Crippen molar-refractivity contribution in [3.05, 3.63) is 39.3 Å². The predicted molar refractivity (Wildman–Crippen MR) is 60.8 cm³/mol. The molecule has 0 aromatic carbocycles. The quantitative estimate of drug-likeness (QED) is 0.806. The molecule has 0 atom stereocenters. The van der Waals surface area contributed by atoms with E-state index in [1.807, 2.05) is 0 Å². The number of halogens is 3. The zero-order valence-corrected chi connectivity index (χ0v) is 10.2. The molecular formula is C11H9F3N2OS. The number of aryl methyl sites for hydroxylation is 1. The van der Waals surface area contributed by atoms with Gasteiger partial charge in [-0.1, -0.05) is 0 Å². The zero-order chi connectivity index (χ0) is 13.3. The van der Waals surface area contributed by atoms with E-state index in [1.54, 1.807) is 18.4 Å². The molecular weight excluding hydrogens is 265 g/mol. The number of thiophene rings is 1. The van der Waals surface area contributed by atoms with Gasteiger partial charge in [-0.15, -0.1) is 11.3 Å². The van der Waals surface area contributed by atoms with Crippen LogP contribution in [0, 0.1) is 6.92 Å². The second kappa shape index (κ2) is 4.56. The minimum atomic E-state index is -4.43. The third-order valence-corrected chi connectivity index (χ3v) is 3.30. The number of carbonyl (C=O) groups excluding carboxylic acids is 1. The van der Waals surface area contributed by atoms with Crippen molar-refractivity contribution in [3.8, 4) is 0 Å². The van der Waals surface area contributed by atoms with Gasteiger partial charge in [0.15, 0.2) is 12.0 Å². The Kier molecular flexibility index (Phi) is 3.25. The van der Waals surface area contributed by atoms with Crippen LogP contribution in [-0.2, 0) is 12.7 Å². The largest absolute Gasteiger partial charge is 0.435 e. The highest BCUT2D eigenvalue weighted by molar-refractivity contribution is 7.11. The highest BCUT2D eigenvalue weighted by atomic mass is 32.1. The molecule has 0 radical (unpaired) electrons. The van der Waals surface area contributed by atoms with Crippen molar-refractivity contribution in [1.82, 2.24) is 9.78 Å². The van der Waals surface area contributed by atoms with Crippen LogP contribution in [0.2, 0.25) is 0 Å². The molecule has 2 rings (SSSR count). The van der Waals surface area contributed by atoms with Gasteiger partial charge in [0.25, 0.3) is 0 Å². The summed E-state index contributed by atoms with van der Waals surface area (Å²) in [5.41, 5.74) is 0.300. The molecule has 0 fully saturated rings. The maximum atomic E-state index is 12.5. The van der Waals surface area contributed by atoms with Crippen molar-refractivity contribution >= 4 is 17.6 Å². The van der Waals surface area contributed by atoms with Gasteiger partial charge in [0, 0.05) is 5.69 Å². The fourth-order valence-corrected chi connectivity index (χ4v) is 2.23. The lowest BCUT2D eigenvalue weighted by Gasteiger charge is -2.02. The molecule has 96 valence electrons. The first-order valence-corrected chi connectivity index (χ1v) is 5.92. The van der Waals surface area contributed by atoms with E-state index in [9.17, 15) is 18.0 Å². The fraction of sp³-hybridized carbons (Fsp3) is 0.273. The molecule has 0 unspecified atom stereocenters. The SMILES string of the molecule is Cc1cc(C(F)(F)F)nn1Cc1csc(C=O)c1. The molecule has 2 heterocycles. The van der Waals surface area contributed by atoms with E-state index in [-0.39, 0.29) is 6.54 Å². The van der Waals surface area contributed by atoms with E-state index in [2.05, 4.69) is 5.10 Å². The lowest BCUT2D eigenvalue weighted by atomic mass is 10.3. The van der Waals surface area contributed by atoms with Gasteiger partial charge in [0.1, 0.15) is 0 Å². The van der Waals surface area contributed by atoms with Crippen LogP contribution in [0.25, 0.3) is 0 Å². The normalized spacial score (nSPS) is 11.8. The molecule has 0 N–H and O–H groups in total. The van der Waals surface area contributed by atoms with Crippen LogP contribution in [0.15, 0.2) is 17.5 Å². The number of nitrogens with zero attached hydrogens (tertiary/aromatic N) is 2. The summed E-state index contributed by atoms with van der Waals surface area (Å²) in [4.78, 5) is 11.1. The Balaban J connectivity index is 2.24. The highest BCUT2D eigenvalue weighted by Crippen LogP contribution is 2.28. The molecule has 7 heteroatoms. The van der Waals surface area contributed by atoms with Gasteiger partial charge in [-0.05, 0) is 30.0 Å². The van der Waals surface area contributed by atoms with Crippen LogP contribution in [0.4, 0.5) is 13.2 Å². The second-order valence-electron chi connectivity index (χ2n) is 3.80. The summed E-state index contributed by atoms with van der Waals surface area (Å²) in [7, 11) is 0. The number of aromatic nitrogens is 2. The lowest BCUT2D eigenvalue weighted by Crippen LogP contribution is -2.08. The number of aldehydes is 1. The summed E-state index contributed by atoms with van der Waals surface area (Å²) in [6.45, 7) is 1.79. The average molecular weight is 274 g/mol. The molecule has 0 aliphatic heterocycles. The maximum absolute atomic E-state index is 12.5. The topological polar surface area (TPSA) is 34.9 Å². The van der Waals surface area contributed by atoms with Crippen LogP contribution in [0.5, 0.6) is 0 Å². The maximum Gasteiger partial charge on any atom is 0.435 e. The molecule has 0 spiro atoms. The smallest absolute Gasteiger partial charge is 0.297 e. The monoisotopic (exact) mass is 274 g/mol. The summed E-state index contributed by atoms with van der Waals surface area (Å²) in [5.74, 6) is 0. The van der Waals surface area contributed by atoms with Gasteiger partial charge in [-0.25, -0.2) is 0 Å². The number of rotatable bonds is 3. The van der Waals surface area contributed by atoms with Crippen LogP contribution >= 0.6 is 11.3 Å². The van der Waals surface area contributed by atoms with Gasteiger partial charge in [0.2, 0.25) is 0 Å². The van der Waals surface area contributed by atoms with Gasteiger partial charge in [-0.3, -0.25) is 9.48 Å². The van der Waals surface area contributed by atoms with Crippen molar-refractivity contribution in [2.45, 2.75) is 19.6 Å². The summed E-state index contributed by atoms with van der Waals surface area (Å²) in [6.07, 6.45) is -3.72. The Labute approximate surface area is 105 Å². The summed E-state index contributed by atoms with van der Waals surface area (Å²) in [6, 6.07) is 2.65. The Morgan fingerprint density at radius 2 is 2.17 bits per heavy atom. The van der Waals surface area contributed by atoms with Crippen molar-refractivity contribution in [2.75, 3.05) is 0 Å². The molecule has 0 saturated heterocycles. The molecule has 2 aromatic rings. The summed E-state index contributed by atoms with van der Waals surface area (Å²) in [5, 5.41) is 5.25. The van der Waals surface area contributed by atoms with Gasteiger partial charge < -0.3 is 0 Å². The third-order valence-electron chi connectivity index (χ3n) is 2.39. The van der Waals surface area contributed by atoms with Crippen LogP contribution in [-0.4, -0.2) is 16.1 Å². The minimum Gasteiger partial charge on any atom is -0.297 e. The van der Waals surface area contributed by atoms with E-state index < -0.39 is 11.9 Å². The van der Waals surface area contributed by atoms with Crippen LogP contribution < -0.4 is 0 Å². The second-order valence-corrected chi connectivity index (χ2v) is 4.74. The standard InChI is InChI=1S/C11H9F3N2OS/c1-7-2-10(11(12,13)14)15-16(7)4-8-3-9(5-17)18-6-8/h2-3,5-6H,4H2,1H3. The Morgan fingerprint density at radius 3 is 2.67 bits per heavy atom. The average Bonchev–Trinajstić information content (AvgIpc) is 2.86. The number of carbonyl (C=O) groups is 1. The van der Waals surface area contributed by atoms with E-state index in [0.717, 1.165) is 11.6 Å². The van der Waals surface area contributed by atoms with E-state index >= 15 is 0 Å². The molecule has 18 heavy (non-hydrogen) atoms. The van der Waals surface area contributed by atoms with Gasteiger partial charge >= 0.3 is 6.18 Å². The van der Waals surface area contributed by atoms with Crippen molar-refractivity contribution in [2.24, 2.45) is 0 Å². The number of hydrogen-bond acceptors (Lipinski definition) is 3. The van der Waals surface area contributed by atoms with Gasteiger partial charge in [-0.2, -0.15) is 18.3 Å². The molecule has 0 aliphatic rings. The van der Waals surface area contributed by atoms with E-state index in [0.29, 0.717) is 16.9 Å². The first kappa shape index (κ1) is 12.8. The minimum absolute atomic E-state index is 0.228. The van der Waals surface area contributed by atoms with Gasteiger partial charge in [0.05, 0.1) is 11.4 Å². The molecule has 0 amide bonds. The Hall–Kier alpha value is -1.63. The Morgan fingerprint density at radius 1 is 1.44 bits per heavy atom. The first-order valence-electron chi connectivity index (χ1n) is 5.04. The van der Waals surface area contributed by atoms with E-state index in [4.69, 9.17) is 0 Å². The summed E-state index contributed by atoms with van der Waals surface area (Å²) >= 11 is 1.26. The Bertz CT molecular complexity index is 571. The summed E-state index contributed by atoms with van der Waals surface area (Å²) < 4.78 is 38.7. The number of hydrogen-bond donors (Lipinski definition) is 0. The van der Waals surface area contributed by atoms with E-state index in [1.165, 1.54) is 16.0 Å². The molecule has 2 aromatic heterocycles.